The van der Waals surface area contributed by atoms with Crippen molar-refractivity contribution in [2.45, 2.75) is 25.8 Å². The normalized spacial score (nSPS) is 11.2. The zero-order valence-electron chi connectivity index (χ0n) is 23.2. The van der Waals surface area contributed by atoms with Crippen molar-refractivity contribution in [3.05, 3.63) is 96.2 Å². The third-order valence-electron chi connectivity index (χ3n) is 6.55. The number of benzene rings is 2. The molecule has 3 aromatic heterocycles. The molecule has 3 heterocycles. The summed E-state index contributed by atoms with van der Waals surface area (Å²) in [5.74, 6) is 0.194. The van der Waals surface area contributed by atoms with E-state index in [1.54, 1.807) is 31.5 Å². The number of thiophene rings is 1. The first kappa shape index (κ1) is 29.7. The van der Waals surface area contributed by atoms with Gasteiger partial charge in [-0.3, -0.25) is 14.5 Å². The van der Waals surface area contributed by atoms with Gasteiger partial charge in [-0.15, -0.1) is 11.3 Å². The number of Topliss-reactive ketones (excluding diaryl/α,β-unsaturated/α-hetero) is 1. The molecule has 216 valence electrons. The number of thiocarbonyl (C=S) groups is 1. The molecule has 0 radical (unpaired) electrons. The number of hydrogen-bond donors (Lipinski definition) is 1. The van der Waals surface area contributed by atoms with E-state index >= 15 is 4.39 Å². The Morgan fingerprint density at radius 2 is 1.90 bits per heavy atom. The van der Waals surface area contributed by atoms with Gasteiger partial charge in [0.2, 0.25) is 0 Å². The number of halogens is 1. The van der Waals surface area contributed by atoms with Gasteiger partial charge < -0.3 is 14.8 Å². The number of ether oxygens (including phenoxy) is 2. The highest BCUT2D eigenvalue weighted by Gasteiger charge is 2.15. The molecule has 0 amide bonds. The van der Waals surface area contributed by atoms with E-state index in [4.69, 9.17) is 21.7 Å². The number of carbonyl (C=O) groups excluding carboxylic acids is 1. The Kier molecular flexibility index (Phi) is 10.1. The number of nitrogens with one attached hydrogen (secondary N) is 1. The Labute approximate surface area is 253 Å². The van der Waals surface area contributed by atoms with Gasteiger partial charge in [-0.1, -0.05) is 48.6 Å². The molecule has 2 aromatic carbocycles. The monoisotopic (exact) mass is 602 g/mol. The van der Waals surface area contributed by atoms with E-state index in [0.717, 1.165) is 45.9 Å². The molecule has 10 heteroatoms. The van der Waals surface area contributed by atoms with E-state index in [1.807, 2.05) is 53.5 Å². The minimum Gasteiger partial charge on any atom is -0.453 e. The van der Waals surface area contributed by atoms with Crippen LogP contribution in [0.4, 0.5) is 4.39 Å². The molecule has 5 aromatic rings. The van der Waals surface area contributed by atoms with Crippen LogP contribution in [0.2, 0.25) is 0 Å². The highest BCUT2D eigenvalue weighted by atomic mass is 32.1. The molecule has 0 atom stereocenters. The maximum atomic E-state index is 15.1. The maximum Gasteiger partial charge on any atom is 0.166 e. The lowest BCUT2D eigenvalue weighted by atomic mass is 10.0. The summed E-state index contributed by atoms with van der Waals surface area (Å²) in [6.07, 6.45) is 6.35. The van der Waals surface area contributed by atoms with Crippen molar-refractivity contribution >= 4 is 44.4 Å². The van der Waals surface area contributed by atoms with Crippen LogP contribution in [0, 0.1) is 5.82 Å². The molecule has 0 aliphatic rings. The molecule has 0 aliphatic heterocycles. The number of fused-ring (bicyclic) bond motifs is 1. The van der Waals surface area contributed by atoms with Crippen LogP contribution in [0.5, 0.6) is 11.5 Å². The van der Waals surface area contributed by atoms with Crippen LogP contribution in [0.25, 0.3) is 20.7 Å². The van der Waals surface area contributed by atoms with Crippen LogP contribution in [0.3, 0.4) is 0 Å². The van der Waals surface area contributed by atoms with Gasteiger partial charge >= 0.3 is 0 Å². The van der Waals surface area contributed by atoms with Crippen molar-refractivity contribution in [2.24, 2.45) is 0 Å². The molecule has 0 fully saturated rings. The average molecular weight is 603 g/mol. The molecule has 0 bridgehead atoms. The van der Waals surface area contributed by atoms with Gasteiger partial charge in [0.1, 0.15) is 11.5 Å². The Balaban J connectivity index is 1.21. The third kappa shape index (κ3) is 7.92. The molecule has 0 unspecified atom stereocenters. The van der Waals surface area contributed by atoms with E-state index < -0.39 is 5.82 Å². The van der Waals surface area contributed by atoms with Crippen molar-refractivity contribution in [1.29, 1.82) is 0 Å². The molecule has 0 saturated carbocycles. The zero-order chi connectivity index (χ0) is 29.3. The number of hydrogen-bond acceptors (Lipinski definition) is 8. The van der Waals surface area contributed by atoms with Gasteiger partial charge in [0.25, 0.3) is 0 Å². The SMILES string of the molecule is COCCNCCn1cc(-c2cc3nccc(Oc4ccc(CC(=S)CC(=O)Cc5ccccc5)cc4F)c3s2)cn1. The number of carbonyl (C=O) groups is 1. The Hall–Kier alpha value is -3.83. The van der Waals surface area contributed by atoms with Gasteiger partial charge in [0.05, 0.1) is 29.6 Å². The Morgan fingerprint density at radius 3 is 2.71 bits per heavy atom. The first-order chi connectivity index (χ1) is 20.5. The Bertz CT molecular complexity index is 1670. The summed E-state index contributed by atoms with van der Waals surface area (Å²) >= 11 is 6.97. The summed E-state index contributed by atoms with van der Waals surface area (Å²) in [5.41, 5.74) is 3.40. The van der Waals surface area contributed by atoms with Crippen molar-refractivity contribution < 1.29 is 18.7 Å². The summed E-state index contributed by atoms with van der Waals surface area (Å²) in [6, 6.07) is 18.1. The predicted octanol–water partition coefficient (Wildman–Crippen LogP) is 6.44. The largest absolute Gasteiger partial charge is 0.453 e. The molecule has 1 N–H and O–H groups in total. The standard InChI is InChI=1S/C32H31FN4O3S2/c1-39-14-12-34-11-13-37-21-24(20-36-37)31-19-28-32(42-31)30(9-10-35-28)40-29-8-7-23(17-27(29)33)16-26(41)18-25(38)15-22-5-3-2-4-6-22/h2-10,17,19-21,34H,11-16,18H2,1H3. The van der Waals surface area contributed by atoms with Crippen LogP contribution in [-0.4, -0.2) is 52.2 Å². The summed E-state index contributed by atoms with van der Waals surface area (Å²) in [4.78, 5) is 18.5. The fourth-order valence-electron chi connectivity index (χ4n) is 4.50. The highest BCUT2D eigenvalue weighted by Crippen LogP contribution is 2.39. The Morgan fingerprint density at radius 1 is 1.05 bits per heavy atom. The van der Waals surface area contributed by atoms with Gasteiger partial charge in [-0.25, -0.2) is 4.39 Å². The van der Waals surface area contributed by atoms with Crippen LogP contribution >= 0.6 is 23.6 Å². The minimum atomic E-state index is -0.493. The predicted molar refractivity (Wildman–Crippen MR) is 168 cm³/mol. The minimum absolute atomic E-state index is 0.0472. The third-order valence-corrected chi connectivity index (χ3v) is 8.03. The number of rotatable bonds is 15. The van der Waals surface area contributed by atoms with Gasteiger partial charge in [0, 0.05) is 73.2 Å². The highest BCUT2D eigenvalue weighted by molar-refractivity contribution is 7.80. The van der Waals surface area contributed by atoms with E-state index in [-0.39, 0.29) is 18.0 Å². The van der Waals surface area contributed by atoms with E-state index in [0.29, 0.717) is 35.6 Å². The molecule has 0 spiro atoms. The van der Waals surface area contributed by atoms with Crippen molar-refractivity contribution in [3.8, 4) is 21.9 Å². The fourth-order valence-corrected chi connectivity index (χ4v) is 5.86. The topological polar surface area (TPSA) is 78.3 Å². The van der Waals surface area contributed by atoms with Gasteiger partial charge in [0.15, 0.2) is 11.6 Å². The molecular formula is C32H31FN4O3S2. The van der Waals surface area contributed by atoms with Crippen molar-refractivity contribution in [1.82, 2.24) is 20.1 Å². The maximum absolute atomic E-state index is 15.1. The first-order valence-electron chi connectivity index (χ1n) is 13.6. The van der Waals surface area contributed by atoms with Crippen LogP contribution in [0.1, 0.15) is 17.5 Å². The van der Waals surface area contributed by atoms with Crippen molar-refractivity contribution in [3.63, 3.8) is 0 Å². The lowest BCUT2D eigenvalue weighted by Crippen LogP contribution is -2.23. The lowest BCUT2D eigenvalue weighted by Gasteiger charge is -2.10. The van der Waals surface area contributed by atoms with E-state index in [2.05, 4.69) is 15.4 Å². The second kappa shape index (κ2) is 14.4. The summed E-state index contributed by atoms with van der Waals surface area (Å²) in [6.45, 7) is 3.00. The fraction of sp³-hybridized carbons (Fsp3) is 0.250. The number of methoxy groups -OCH3 is 1. The van der Waals surface area contributed by atoms with Gasteiger partial charge in [-0.05, 0) is 29.3 Å². The number of pyridine rings is 1. The van der Waals surface area contributed by atoms with E-state index in [1.165, 1.54) is 17.4 Å². The number of ketones is 1. The van der Waals surface area contributed by atoms with Crippen LogP contribution in [0.15, 0.2) is 79.3 Å². The second-order valence-electron chi connectivity index (χ2n) is 9.83. The molecule has 7 nitrogen and oxygen atoms in total. The van der Waals surface area contributed by atoms with E-state index in [9.17, 15) is 4.79 Å². The zero-order valence-corrected chi connectivity index (χ0v) is 24.8. The molecule has 0 aliphatic carbocycles. The molecule has 0 saturated heterocycles. The molecule has 42 heavy (non-hydrogen) atoms. The number of nitrogens with zero attached hydrogens (tertiary/aromatic N) is 3. The lowest BCUT2D eigenvalue weighted by molar-refractivity contribution is -0.117. The van der Waals surface area contributed by atoms with Crippen LogP contribution in [-0.2, 0) is 28.9 Å². The van der Waals surface area contributed by atoms with Crippen molar-refractivity contribution in [2.75, 3.05) is 26.8 Å². The summed E-state index contributed by atoms with van der Waals surface area (Å²) in [5, 5.41) is 7.78. The molecule has 5 rings (SSSR count). The van der Waals surface area contributed by atoms with Gasteiger partial charge in [-0.2, -0.15) is 5.10 Å². The summed E-state index contributed by atoms with van der Waals surface area (Å²) in [7, 11) is 1.68. The average Bonchev–Trinajstić information content (AvgIpc) is 3.63. The number of aromatic nitrogens is 3. The molecular weight excluding hydrogens is 572 g/mol. The summed E-state index contributed by atoms with van der Waals surface area (Å²) < 4.78 is 28.9. The quantitative estimate of drug-likeness (QED) is 0.109. The second-order valence-corrected chi connectivity index (χ2v) is 11.5. The smallest absolute Gasteiger partial charge is 0.166 e. The first-order valence-corrected chi connectivity index (χ1v) is 14.9. The van der Waals surface area contributed by atoms with Crippen LogP contribution < -0.4 is 10.1 Å².